The Hall–Kier alpha value is -0.986. The van der Waals surface area contributed by atoms with E-state index in [0.29, 0.717) is 32.7 Å². The van der Waals surface area contributed by atoms with Crippen molar-refractivity contribution in [1.29, 1.82) is 0 Å². The second kappa shape index (κ2) is 30.3. The van der Waals surface area contributed by atoms with Crippen LogP contribution in [0.5, 0.6) is 0 Å². The molecule has 1 fully saturated rings. The highest BCUT2D eigenvalue weighted by atomic mass is 28.4. The monoisotopic (exact) mass is 912 g/mol. The standard InChI is InChI=1S/C51H105N3O6Si2/c1-16-18-20-22-24-26-28-30-33-45(59-61(12,13)50(6,7)8)43-53(44-46(60-62(14,15)51(9,10)11)34-31-29-27-25-23-21-19-17-2)36-32-35-47(55)57-42-41-52-37-39-54(40-38-52)48(56)58-49(3,4)5/h45-46H,16-44H2,1-15H3. The lowest BCUT2D eigenvalue weighted by atomic mass is 10.0. The summed E-state index contributed by atoms with van der Waals surface area (Å²) in [5.74, 6) is -0.127. The lowest BCUT2D eigenvalue weighted by Gasteiger charge is -2.42. The summed E-state index contributed by atoms with van der Waals surface area (Å²) in [6.07, 6.45) is 24.4. The van der Waals surface area contributed by atoms with E-state index in [1.165, 1.54) is 103 Å². The van der Waals surface area contributed by atoms with E-state index in [-0.39, 0.29) is 34.3 Å². The molecule has 11 heteroatoms. The number of carbonyl (C=O) groups excluding carboxylic acids is 2. The second-order valence-electron chi connectivity index (χ2n) is 22.9. The highest BCUT2D eigenvalue weighted by Crippen LogP contribution is 2.39. The molecule has 1 aliphatic heterocycles. The van der Waals surface area contributed by atoms with Gasteiger partial charge in [-0.3, -0.25) is 14.6 Å². The first-order valence-electron chi connectivity index (χ1n) is 25.8. The number of rotatable bonds is 33. The molecule has 0 aromatic rings. The minimum Gasteiger partial charge on any atom is -0.464 e. The zero-order valence-electron chi connectivity index (χ0n) is 44.0. The predicted octanol–water partition coefficient (Wildman–Crippen LogP) is 14.0. The molecule has 62 heavy (non-hydrogen) atoms. The molecule has 1 rings (SSSR count). The van der Waals surface area contributed by atoms with E-state index in [2.05, 4.69) is 91.4 Å². The Morgan fingerprint density at radius 2 is 0.984 bits per heavy atom. The maximum absolute atomic E-state index is 13.2. The van der Waals surface area contributed by atoms with Gasteiger partial charge in [-0.2, -0.15) is 0 Å². The van der Waals surface area contributed by atoms with Gasteiger partial charge < -0.3 is 23.2 Å². The largest absolute Gasteiger partial charge is 0.464 e. The maximum atomic E-state index is 13.2. The van der Waals surface area contributed by atoms with Crippen LogP contribution in [0.25, 0.3) is 0 Å². The van der Waals surface area contributed by atoms with Crippen molar-refractivity contribution in [3.63, 3.8) is 0 Å². The number of unbranched alkanes of at least 4 members (excludes halogenated alkanes) is 14. The lowest BCUT2D eigenvalue weighted by Crippen LogP contribution is -2.50. The van der Waals surface area contributed by atoms with Crippen LogP contribution in [0, 0.1) is 0 Å². The molecule has 1 heterocycles. The number of hydrogen-bond acceptors (Lipinski definition) is 8. The molecule has 0 aromatic carbocycles. The molecule has 368 valence electrons. The molecular weight excluding hydrogens is 807 g/mol. The Bertz CT molecular complexity index is 1120. The van der Waals surface area contributed by atoms with Crippen molar-refractivity contribution in [1.82, 2.24) is 14.7 Å². The van der Waals surface area contributed by atoms with Crippen molar-refractivity contribution in [3.8, 4) is 0 Å². The fraction of sp³-hybridized carbons (Fsp3) is 0.961. The average Bonchev–Trinajstić information content (AvgIpc) is 3.15. The number of amides is 1. The van der Waals surface area contributed by atoms with Gasteiger partial charge in [0.05, 0.1) is 12.2 Å². The topological polar surface area (TPSA) is 80.8 Å². The van der Waals surface area contributed by atoms with Crippen LogP contribution < -0.4 is 0 Å². The summed E-state index contributed by atoms with van der Waals surface area (Å²) in [6, 6.07) is 0. The van der Waals surface area contributed by atoms with Crippen LogP contribution >= 0.6 is 0 Å². The first kappa shape index (κ1) is 59.0. The van der Waals surface area contributed by atoms with Crippen molar-refractivity contribution in [2.75, 3.05) is 59.0 Å². The fourth-order valence-electron chi connectivity index (χ4n) is 7.69. The molecule has 0 N–H and O–H groups in total. The summed E-state index contributed by atoms with van der Waals surface area (Å²) in [4.78, 5) is 32.3. The lowest BCUT2D eigenvalue weighted by molar-refractivity contribution is -0.144. The Labute approximate surface area is 387 Å². The zero-order chi connectivity index (χ0) is 46.9. The molecule has 0 radical (unpaired) electrons. The van der Waals surface area contributed by atoms with E-state index in [1.54, 1.807) is 4.90 Å². The number of piperazine rings is 1. The van der Waals surface area contributed by atoms with Gasteiger partial charge >= 0.3 is 12.1 Å². The third-order valence-corrected chi connectivity index (χ3v) is 22.8. The zero-order valence-corrected chi connectivity index (χ0v) is 46.0. The van der Waals surface area contributed by atoms with E-state index in [0.717, 1.165) is 52.0 Å². The van der Waals surface area contributed by atoms with Crippen molar-refractivity contribution >= 4 is 28.7 Å². The van der Waals surface area contributed by atoms with Crippen molar-refractivity contribution in [2.24, 2.45) is 0 Å². The number of esters is 1. The van der Waals surface area contributed by atoms with E-state index >= 15 is 0 Å². The van der Waals surface area contributed by atoms with E-state index in [1.807, 2.05) is 20.8 Å². The van der Waals surface area contributed by atoms with Gasteiger partial charge in [-0.1, -0.05) is 158 Å². The van der Waals surface area contributed by atoms with Gasteiger partial charge in [0, 0.05) is 52.2 Å². The van der Waals surface area contributed by atoms with Gasteiger partial charge in [-0.15, -0.1) is 0 Å². The van der Waals surface area contributed by atoms with Gasteiger partial charge in [0.15, 0.2) is 16.6 Å². The van der Waals surface area contributed by atoms with E-state index < -0.39 is 22.2 Å². The minimum atomic E-state index is -2.02. The van der Waals surface area contributed by atoms with Gasteiger partial charge in [0.25, 0.3) is 0 Å². The van der Waals surface area contributed by atoms with Crippen molar-refractivity contribution < 1.29 is 27.9 Å². The first-order valence-corrected chi connectivity index (χ1v) is 31.7. The van der Waals surface area contributed by atoms with Crippen LogP contribution in [0.15, 0.2) is 0 Å². The number of nitrogens with zero attached hydrogens (tertiary/aromatic N) is 3. The summed E-state index contributed by atoms with van der Waals surface area (Å²) in [7, 11) is -4.05. The molecule has 0 spiro atoms. The summed E-state index contributed by atoms with van der Waals surface area (Å²) in [6.45, 7) is 40.4. The molecule has 2 atom stereocenters. The Morgan fingerprint density at radius 1 is 0.581 bits per heavy atom. The highest BCUT2D eigenvalue weighted by molar-refractivity contribution is 6.74. The molecule has 0 saturated carbocycles. The average molecular weight is 913 g/mol. The van der Waals surface area contributed by atoms with Crippen LogP contribution in [0.2, 0.25) is 36.3 Å². The van der Waals surface area contributed by atoms with Gasteiger partial charge in [0.2, 0.25) is 0 Å². The molecule has 1 aliphatic rings. The van der Waals surface area contributed by atoms with E-state index in [9.17, 15) is 9.59 Å². The van der Waals surface area contributed by atoms with Crippen LogP contribution in [0.1, 0.15) is 205 Å². The molecule has 9 nitrogen and oxygen atoms in total. The third kappa shape index (κ3) is 26.8. The smallest absolute Gasteiger partial charge is 0.410 e. The van der Waals surface area contributed by atoms with E-state index in [4.69, 9.17) is 18.3 Å². The Kier molecular flexibility index (Phi) is 28.9. The van der Waals surface area contributed by atoms with Crippen LogP contribution in [-0.4, -0.2) is 120 Å². The quantitative estimate of drug-likeness (QED) is 0.0366. The van der Waals surface area contributed by atoms with Gasteiger partial charge in [0.1, 0.15) is 12.2 Å². The molecule has 1 amide bonds. The third-order valence-electron chi connectivity index (χ3n) is 13.8. The second-order valence-corrected chi connectivity index (χ2v) is 32.4. The predicted molar refractivity (Wildman–Crippen MR) is 269 cm³/mol. The molecule has 0 aromatic heterocycles. The van der Waals surface area contributed by atoms with Crippen molar-refractivity contribution in [2.45, 2.75) is 259 Å². The normalized spacial score (nSPS) is 15.9. The van der Waals surface area contributed by atoms with Crippen LogP contribution in [0.3, 0.4) is 0 Å². The molecule has 2 unspecified atom stereocenters. The molecular formula is C51H105N3O6Si2. The van der Waals surface area contributed by atoms with Gasteiger partial charge in [-0.05, 0) is 82.8 Å². The van der Waals surface area contributed by atoms with Crippen LogP contribution in [0.4, 0.5) is 4.79 Å². The van der Waals surface area contributed by atoms with Crippen LogP contribution in [-0.2, 0) is 23.1 Å². The summed E-state index contributed by atoms with van der Waals surface area (Å²) in [5, 5.41) is 0.268. The minimum absolute atomic E-state index is 0.127. The Morgan fingerprint density at radius 3 is 1.37 bits per heavy atom. The highest BCUT2D eigenvalue weighted by Gasteiger charge is 2.41. The number of hydrogen-bond donors (Lipinski definition) is 0. The summed E-state index contributed by atoms with van der Waals surface area (Å²) in [5.41, 5.74) is -0.500. The Balaban J connectivity index is 3.09. The SMILES string of the molecule is CCCCCCCCCCC(CN(CCCC(=O)OCCN1CCN(C(=O)OC(C)(C)C)CC1)CC(CCCCCCCCCC)O[Si](C)(C)C(C)(C)C)O[Si](C)(C)C(C)(C)C. The molecule has 0 bridgehead atoms. The number of ether oxygens (including phenoxy) is 2. The number of carbonyl (C=O) groups is 2. The van der Waals surface area contributed by atoms with Crippen molar-refractivity contribution in [3.05, 3.63) is 0 Å². The molecule has 1 saturated heterocycles. The first-order chi connectivity index (χ1) is 28.9. The summed E-state index contributed by atoms with van der Waals surface area (Å²) >= 11 is 0. The molecule has 0 aliphatic carbocycles. The summed E-state index contributed by atoms with van der Waals surface area (Å²) < 4.78 is 26.0. The maximum Gasteiger partial charge on any atom is 0.410 e. The van der Waals surface area contributed by atoms with Gasteiger partial charge in [-0.25, -0.2) is 4.79 Å². The fourth-order valence-corrected chi connectivity index (χ4v) is 10.5.